The minimum absolute atomic E-state index is 0.0172. The van der Waals surface area contributed by atoms with Crippen molar-refractivity contribution in [1.82, 2.24) is 0 Å². The molecule has 1 rings (SSSR count). The number of rotatable bonds is 3. The van der Waals surface area contributed by atoms with Crippen molar-refractivity contribution in [2.24, 2.45) is 0 Å². The number of aliphatic hydroxyl groups excluding tert-OH is 4. The molecule has 1 aliphatic rings. The van der Waals surface area contributed by atoms with Crippen molar-refractivity contribution in [1.29, 1.82) is 0 Å². The molecule has 3 unspecified atom stereocenters. The molecule has 0 saturated carbocycles. The Morgan fingerprint density at radius 3 is 2.00 bits per heavy atom. The van der Waals surface area contributed by atoms with Gasteiger partial charge in [0.05, 0.1) is 6.61 Å². The van der Waals surface area contributed by atoms with Gasteiger partial charge in [0.25, 0.3) is 0 Å². The summed E-state index contributed by atoms with van der Waals surface area (Å²) in [6.07, 6.45) is -6.56. The van der Waals surface area contributed by atoms with Crippen LogP contribution in [0, 0.1) is 0 Å². The molecule has 5 atom stereocenters. The third-order valence-electron chi connectivity index (χ3n) is 4.10. The highest BCUT2D eigenvalue weighted by Crippen LogP contribution is 2.37. The second-order valence-electron chi connectivity index (χ2n) is 6.61. The summed E-state index contributed by atoms with van der Waals surface area (Å²) in [4.78, 5) is 0. The first-order chi connectivity index (χ1) is 8.47. The molecule has 1 fully saturated rings. The molecule has 0 amide bonds. The van der Waals surface area contributed by atoms with E-state index in [1.54, 1.807) is 0 Å². The van der Waals surface area contributed by atoms with Gasteiger partial charge in [-0.1, -0.05) is 20.8 Å². The molecule has 0 bridgehead atoms. The molecule has 0 radical (unpaired) electrons. The van der Waals surface area contributed by atoms with Crippen LogP contribution in [-0.2, 0) is 9.16 Å². The molecule has 19 heavy (non-hydrogen) atoms. The summed E-state index contributed by atoms with van der Waals surface area (Å²) in [6.45, 7) is 10.5. The van der Waals surface area contributed by atoms with Crippen molar-refractivity contribution in [2.45, 2.75) is 69.6 Å². The van der Waals surface area contributed by atoms with Gasteiger partial charge in [0, 0.05) is 0 Å². The molecular weight excluding hydrogens is 268 g/mol. The van der Waals surface area contributed by atoms with Gasteiger partial charge in [0.1, 0.15) is 24.4 Å². The Kier molecular flexibility index (Phi) is 5.17. The van der Waals surface area contributed by atoms with Crippen LogP contribution in [0.1, 0.15) is 20.8 Å². The van der Waals surface area contributed by atoms with Crippen molar-refractivity contribution in [3.63, 3.8) is 0 Å². The molecule has 1 saturated heterocycles. The van der Waals surface area contributed by atoms with E-state index in [2.05, 4.69) is 33.9 Å². The van der Waals surface area contributed by atoms with E-state index in [1.807, 2.05) is 0 Å². The monoisotopic (exact) mass is 294 g/mol. The zero-order chi connectivity index (χ0) is 15.0. The largest absolute Gasteiger partial charge is 0.414 e. The highest BCUT2D eigenvalue weighted by atomic mass is 28.4. The summed E-state index contributed by atoms with van der Waals surface area (Å²) >= 11 is 0. The molecule has 114 valence electrons. The fourth-order valence-corrected chi connectivity index (χ4v) is 2.59. The Morgan fingerprint density at radius 2 is 1.53 bits per heavy atom. The highest BCUT2D eigenvalue weighted by Gasteiger charge is 2.45. The molecule has 7 heteroatoms. The van der Waals surface area contributed by atoms with E-state index in [4.69, 9.17) is 9.16 Å². The zero-order valence-corrected chi connectivity index (χ0v) is 13.2. The zero-order valence-electron chi connectivity index (χ0n) is 12.2. The first-order valence-corrected chi connectivity index (χ1v) is 9.40. The van der Waals surface area contributed by atoms with Crippen molar-refractivity contribution in [3.8, 4) is 0 Å². The number of hydrogen-bond acceptors (Lipinski definition) is 6. The van der Waals surface area contributed by atoms with Crippen LogP contribution in [0.2, 0.25) is 18.1 Å². The van der Waals surface area contributed by atoms with Gasteiger partial charge in [-0.3, -0.25) is 0 Å². The Balaban J connectivity index is 2.63. The van der Waals surface area contributed by atoms with E-state index in [9.17, 15) is 20.4 Å². The topological polar surface area (TPSA) is 99.4 Å². The van der Waals surface area contributed by atoms with Gasteiger partial charge in [-0.05, 0) is 18.1 Å². The SMILES string of the molecule is CC(C)(C)[Si](C)(C)OCC1OC(O)C(O)[C@@H](O)[C@@H]1O. The Morgan fingerprint density at radius 1 is 1.00 bits per heavy atom. The lowest BCUT2D eigenvalue weighted by molar-refractivity contribution is -0.285. The Labute approximate surface area is 115 Å². The van der Waals surface area contributed by atoms with Crippen molar-refractivity contribution < 1.29 is 29.6 Å². The van der Waals surface area contributed by atoms with Crippen LogP contribution in [0.5, 0.6) is 0 Å². The maximum Gasteiger partial charge on any atom is 0.192 e. The van der Waals surface area contributed by atoms with Gasteiger partial charge in [-0.2, -0.15) is 0 Å². The quantitative estimate of drug-likeness (QED) is 0.538. The van der Waals surface area contributed by atoms with Gasteiger partial charge in [0.15, 0.2) is 14.6 Å². The molecule has 6 nitrogen and oxygen atoms in total. The van der Waals surface area contributed by atoms with Crippen LogP contribution in [0.25, 0.3) is 0 Å². The summed E-state index contributed by atoms with van der Waals surface area (Å²) in [7, 11) is -2.00. The van der Waals surface area contributed by atoms with Crippen molar-refractivity contribution in [3.05, 3.63) is 0 Å². The summed E-state index contributed by atoms with van der Waals surface area (Å²) < 4.78 is 11.0. The maximum absolute atomic E-state index is 9.81. The summed E-state index contributed by atoms with van der Waals surface area (Å²) in [5.74, 6) is 0. The van der Waals surface area contributed by atoms with E-state index >= 15 is 0 Å². The standard InChI is InChI=1S/C12H26O6Si/c1-12(2,3)19(4,5)17-6-7-8(13)9(14)10(15)11(16)18-7/h7-11,13-16H,6H2,1-5H3/t7?,8-,9+,10?,11?/m1/s1. The van der Waals surface area contributed by atoms with Crippen LogP contribution in [-0.4, -0.2) is 66.1 Å². The fourth-order valence-electron chi connectivity index (χ4n) is 1.58. The predicted molar refractivity (Wildman–Crippen MR) is 72.0 cm³/mol. The van der Waals surface area contributed by atoms with E-state index in [0.717, 1.165) is 0 Å². The van der Waals surface area contributed by atoms with Gasteiger partial charge in [0.2, 0.25) is 0 Å². The molecule has 1 aliphatic heterocycles. The second-order valence-corrected chi connectivity index (χ2v) is 11.4. The number of aliphatic hydroxyl groups is 4. The minimum atomic E-state index is -2.00. The second kappa shape index (κ2) is 5.77. The number of ether oxygens (including phenoxy) is 1. The van der Waals surface area contributed by atoms with Gasteiger partial charge in [-0.15, -0.1) is 0 Å². The molecule has 0 aliphatic carbocycles. The van der Waals surface area contributed by atoms with Crippen LogP contribution < -0.4 is 0 Å². The third-order valence-corrected chi connectivity index (χ3v) is 8.60. The van der Waals surface area contributed by atoms with Crippen LogP contribution in [0.15, 0.2) is 0 Å². The Hall–Kier alpha value is -0.0231. The first kappa shape index (κ1) is 17.0. The fraction of sp³-hybridized carbons (Fsp3) is 1.00. The molecular formula is C12H26O6Si. The minimum Gasteiger partial charge on any atom is -0.414 e. The molecule has 0 spiro atoms. The van der Waals surface area contributed by atoms with E-state index in [-0.39, 0.29) is 11.6 Å². The normalized spacial score (nSPS) is 37.4. The van der Waals surface area contributed by atoms with E-state index in [1.165, 1.54) is 0 Å². The molecule has 1 heterocycles. The average molecular weight is 294 g/mol. The van der Waals surface area contributed by atoms with Crippen LogP contribution >= 0.6 is 0 Å². The van der Waals surface area contributed by atoms with Gasteiger partial charge < -0.3 is 29.6 Å². The molecule has 0 aromatic heterocycles. The van der Waals surface area contributed by atoms with Crippen LogP contribution in [0.4, 0.5) is 0 Å². The smallest absolute Gasteiger partial charge is 0.192 e. The lowest BCUT2D eigenvalue weighted by atomic mass is 10.00. The van der Waals surface area contributed by atoms with Crippen molar-refractivity contribution >= 4 is 8.32 Å². The van der Waals surface area contributed by atoms with E-state index in [0.29, 0.717) is 0 Å². The Bertz CT molecular complexity index is 303. The average Bonchev–Trinajstić information content (AvgIpc) is 2.28. The molecule has 0 aromatic rings. The van der Waals surface area contributed by atoms with Crippen LogP contribution in [0.3, 0.4) is 0 Å². The van der Waals surface area contributed by atoms with Crippen molar-refractivity contribution in [2.75, 3.05) is 6.61 Å². The predicted octanol–water partition coefficient (Wildman–Crippen LogP) is -0.192. The summed E-state index contributed by atoms with van der Waals surface area (Å²) in [5.41, 5.74) is 0. The molecule has 0 aromatic carbocycles. The lowest BCUT2D eigenvalue weighted by Gasteiger charge is -2.41. The maximum atomic E-state index is 9.81. The van der Waals surface area contributed by atoms with Gasteiger partial charge >= 0.3 is 0 Å². The summed E-state index contributed by atoms with van der Waals surface area (Å²) in [5, 5.41) is 38.2. The first-order valence-electron chi connectivity index (χ1n) is 6.49. The van der Waals surface area contributed by atoms with E-state index < -0.39 is 39.0 Å². The lowest BCUT2D eigenvalue weighted by Crippen LogP contribution is -2.59. The number of hydrogen-bond donors (Lipinski definition) is 4. The van der Waals surface area contributed by atoms with Gasteiger partial charge in [-0.25, -0.2) is 0 Å². The summed E-state index contributed by atoms with van der Waals surface area (Å²) in [6, 6.07) is 0. The highest BCUT2D eigenvalue weighted by molar-refractivity contribution is 6.74. The third kappa shape index (κ3) is 3.75. The molecule has 4 N–H and O–H groups in total.